The van der Waals surface area contributed by atoms with Gasteiger partial charge >= 0.3 is 5.69 Å². The Bertz CT molecular complexity index is 1090. The molecule has 0 radical (unpaired) electrons. The minimum Gasteiger partial charge on any atom is -0.368 e. The lowest BCUT2D eigenvalue weighted by atomic mass is 10.1. The van der Waals surface area contributed by atoms with Crippen LogP contribution in [0, 0.1) is 30.9 Å². The molecular formula is C22H25N7O2. The van der Waals surface area contributed by atoms with Gasteiger partial charge in [0.15, 0.2) is 0 Å². The highest BCUT2D eigenvalue weighted by Gasteiger charge is 2.29. The van der Waals surface area contributed by atoms with Crippen LogP contribution in [0.4, 0.5) is 28.8 Å². The molecule has 31 heavy (non-hydrogen) atoms. The van der Waals surface area contributed by atoms with Crippen molar-refractivity contribution in [3.05, 3.63) is 69.7 Å². The number of benzene rings is 1. The van der Waals surface area contributed by atoms with Crippen molar-refractivity contribution in [2.75, 3.05) is 41.3 Å². The van der Waals surface area contributed by atoms with Gasteiger partial charge in [0.25, 0.3) is 0 Å². The first-order valence-electron chi connectivity index (χ1n) is 10.2. The predicted molar refractivity (Wildman–Crippen MR) is 121 cm³/mol. The third kappa shape index (κ3) is 4.25. The minimum atomic E-state index is -0.428. The summed E-state index contributed by atoms with van der Waals surface area (Å²) >= 11 is 0. The van der Waals surface area contributed by atoms with E-state index in [1.807, 2.05) is 17.9 Å². The second-order valence-electron chi connectivity index (χ2n) is 7.69. The lowest BCUT2D eigenvalue weighted by Gasteiger charge is -2.37. The van der Waals surface area contributed by atoms with Crippen LogP contribution >= 0.6 is 0 Å². The molecule has 3 heterocycles. The van der Waals surface area contributed by atoms with E-state index in [0.717, 1.165) is 18.7 Å². The molecule has 1 saturated heterocycles. The van der Waals surface area contributed by atoms with E-state index in [2.05, 4.69) is 57.2 Å². The van der Waals surface area contributed by atoms with Gasteiger partial charge in [0.1, 0.15) is 12.1 Å². The Morgan fingerprint density at radius 3 is 2.39 bits per heavy atom. The minimum absolute atomic E-state index is 0.134. The molecule has 0 aliphatic carbocycles. The van der Waals surface area contributed by atoms with Gasteiger partial charge in [0.05, 0.1) is 4.92 Å². The van der Waals surface area contributed by atoms with Crippen molar-refractivity contribution >= 4 is 28.8 Å². The SMILES string of the molecule is Cc1ccc(Nc2ncnc(N3CCN(c4cccc(C)c4C)CC3)c2[N+](=O)[O-])nc1. The molecule has 1 N–H and O–H groups in total. The van der Waals surface area contributed by atoms with E-state index in [4.69, 9.17) is 0 Å². The maximum absolute atomic E-state index is 11.9. The van der Waals surface area contributed by atoms with Crippen LogP contribution in [0.25, 0.3) is 0 Å². The number of nitrogens with one attached hydrogen (secondary N) is 1. The van der Waals surface area contributed by atoms with Gasteiger partial charge in [0, 0.05) is 38.1 Å². The summed E-state index contributed by atoms with van der Waals surface area (Å²) < 4.78 is 0. The number of piperazine rings is 1. The van der Waals surface area contributed by atoms with Gasteiger partial charge in [-0.25, -0.2) is 15.0 Å². The van der Waals surface area contributed by atoms with Crippen LogP contribution in [-0.2, 0) is 0 Å². The average Bonchev–Trinajstić information content (AvgIpc) is 2.77. The Labute approximate surface area is 180 Å². The second kappa shape index (κ2) is 8.55. The summed E-state index contributed by atoms with van der Waals surface area (Å²) in [6, 6.07) is 9.95. The molecule has 0 atom stereocenters. The normalized spacial score (nSPS) is 13.9. The Morgan fingerprint density at radius 2 is 1.71 bits per heavy atom. The molecule has 0 bridgehead atoms. The summed E-state index contributed by atoms with van der Waals surface area (Å²) in [4.78, 5) is 28.4. The zero-order valence-electron chi connectivity index (χ0n) is 17.9. The quantitative estimate of drug-likeness (QED) is 0.493. The highest BCUT2D eigenvalue weighted by molar-refractivity contribution is 5.74. The fraction of sp³-hybridized carbons (Fsp3) is 0.318. The smallest absolute Gasteiger partial charge is 0.353 e. The largest absolute Gasteiger partial charge is 0.368 e. The third-order valence-corrected chi connectivity index (χ3v) is 5.64. The van der Waals surface area contributed by atoms with Gasteiger partial charge in [-0.15, -0.1) is 0 Å². The molecule has 9 heteroatoms. The maximum atomic E-state index is 11.9. The van der Waals surface area contributed by atoms with E-state index >= 15 is 0 Å². The molecular weight excluding hydrogens is 394 g/mol. The Hall–Kier alpha value is -3.75. The first kappa shape index (κ1) is 20.5. The molecule has 1 aliphatic heterocycles. The van der Waals surface area contributed by atoms with Crippen LogP contribution in [-0.4, -0.2) is 46.1 Å². The van der Waals surface area contributed by atoms with Gasteiger partial charge < -0.3 is 15.1 Å². The summed E-state index contributed by atoms with van der Waals surface area (Å²) in [5.41, 5.74) is 4.60. The maximum Gasteiger partial charge on any atom is 0.353 e. The summed E-state index contributed by atoms with van der Waals surface area (Å²) in [5.74, 6) is 0.969. The summed E-state index contributed by atoms with van der Waals surface area (Å²) in [7, 11) is 0. The van der Waals surface area contributed by atoms with Gasteiger partial charge in [-0.2, -0.15) is 0 Å². The lowest BCUT2D eigenvalue weighted by molar-refractivity contribution is -0.383. The van der Waals surface area contributed by atoms with E-state index in [1.165, 1.54) is 23.1 Å². The van der Waals surface area contributed by atoms with Crippen LogP contribution in [0.15, 0.2) is 42.9 Å². The lowest BCUT2D eigenvalue weighted by Crippen LogP contribution is -2.47. The molecule has 0 saturated carbocycles. The number of pyridine rings is 1. The zero-order chi connectivity index (χ0) is 22.0. The molecule has 1 fully saturated rings. The third-order valence-electron chi connectivity index (χ3n) is 5.64. The van der Waals surface area contributed by atoms with Crippen molar-refractivity contribution in [2.45, 2.75) is 20.8 Å². The highest BCUT2D eigenvalue weighted by atomic mass is 16.6. The van der Waals surface area contributed by atoms with Crippen LogP contribution in [0.1, 0.15) is 16.7 Å². The molecule has 2 aromatic heterocycles. The number of nitrogens with zero attached hydrogens (tertiary/aromatic N) is 6. The Balaban J connectivity index is 1.56. The van der Waals surface area contributed by atoms with E-state index in [1.54, 1.807) is 12.3 Å². The first-order valence-corrected chi connectivity index (χ1v) is 10.2. The van der Waals surface area contributed by atoms with Gasteiger partial charge in [0.2, 0.25) is 11.6 Å². The molecule has 0 unspecified atom stereocenters. The van der Waals surface area contributed by atoms with Crippen molar-refractivity contribution in [3.63, 3.8) is 0 Å². The van der Waals surface area contributed by atoms with E-state index < -0.39 is 4.92 Å². The van der Waals surface area contributed by atoms with Gasteiger partial charge in [-0.05, 0) is 49.6 Å². The molecule has 0 amide bonds. The summed E-state index contributed by atoms with van der Waals surface area (Å²) in [5, 5.41) is 14.9. The topological polar surface area (TPSA) is 100 Å². The fourth-order valence-electron chi connectivity index (χ4n) is 3.76. The van der Waals surface area contributed by atoms with Crippen molar-refractivity contribution < 1.29 is 4.92 Å². The van der Waals surface area contributed by atoms with Crippen molar-refractivity contribution in [1.29, 1.82) is 0 Å². The number of hydrogen-bond donors (Lipinski definition) is 1. The van der Waals surface area contributed by atoms with Crippen molar-refractivity contribution in [3.8, 4) is 0 Å². The van der Waals surface area contributed by atoms with Crippen LogP contribution in [0.5, 0.6) is 0 Å². The molecule has 3 aromatic rings. The fourth-order valence-corrected chi connectivity index (χ4v) is 3.76. The van der Waals surface area contributed by atoms with Crippen molar-refractivity contribution in [2.24, 2.45) is 0 Å². The predicted octanol–water partition coefficient (Wildman–Crippen LogP) is 3.78. The second-order valence-corrected chi connectivity index (χ2v) is 7.69. The van der Waals surface area contributed by atoms with E-state index in [-0.39, 0.29) is 11.5 Å². The summed E-state index contributed by atoms with van der Waals surface area (Å²) in [6.07, 6.45) is 3.05. The molecule has 160 valence electrons. The average molecular weight is 419 g/mol. The standard InChI is InChI=1S/C22H25N7O2/c1-15-7-8-19(23-13-15)26-21-20(29(30)31)22(25-14-24-21)28-11-9-27(10-12-28)18-6-4-5-16(2)17(18)3/h4-8,13-14H,9-12H2,1-3H3,(H,23,24,25,26). The van der Waals surface area contributed by atoms with Crippen molar-refractivity contribution in [1.82, 2.24) is 15.0 Å². The van der Waals surface area contributed by atoms with Gasteiger partial charge in [-0.3, -0.25) is 10.1 Å². The van der Waals surface area contributed by atoms with Crippen LogP contribution in [0.3, 0.4) is 0 Å². The van der Waals surface area contributed by atoms with Crippen LogP contribution in [0.2, 0.25) is 0 Å². The molecule has 0 spiro atoms. The van der Waals surface area contributed by atoms with E-state index in [9.17, 15) is 10.1 Å². The van der Waals surface area contributed by atoms with Gasteiger partial charge in [-0.1, -0.05) is 18.2 Å². The highest BCUT2D eigenvalue weighted by Crippen LogP contribution is 2.34. The Morgan fingerprint density at radius 1 is 0.968 bits per heavy atom. The van der Waals surface area contributed by atoms with E-state index in [0.29, 0.717) is 24.7 Å². The monoisotopic (exact) mass is 419 g/mol. The zero-order valence-corrected chi connectivity index (χ0v) is 17.9. The summed E-state index contributed by atoms with van der Waals surface area (Å²) in [6.45, 7) is 8.95. The number of aromatic nitrogens is 3. The molecule has 1 aromatic carbocycles. The number of nitro groups is 1. The Kier molecular flexibility index (Phi) is 5.66. The first-order chi connectivity index (χ1) is 14.9. The molecule has 1 aliphatic rings. The molecule has 4 rings (SSSR count). The number of hydrogen-bond acceptors (Lipinski definition) is 8. The molecule has 9 nitrogen and oxygen atoms in total. The number of aryl methyl sites for hydroxylation is 2. The number of rotatable bonds is 5. The number of anilines is 4. The van der Waals surface area contributed by atoms with Crippen LogP contribution < -0.4 is 15.1 Å².